The molecule has 2 aliphatic carbocycles. The molecule has 0 amide bonds. The Kier molecular flexibility index (Phi) is 8.09. The van der Waals surface area contributed by atoms with Gasteiger partial charge in [0.05, 0.1) is 5.56 Å². The first-order valence-electron chi connectivity index (χ1n) is 11.5. The van der Waals surface area contributed by atoms with Gasteiger partial charge < -0.3 is 4.74 Å². The second-order valence-electron chi connectivity index (χ2n) is 9.12. The van der Waals surface area contributed by atoms with E-state index in [2.05, 4.69) is 6.92 Å². The lowest BCUT2D eigenvalue weighted by Crippen LogP contribution is -2.26. The molecule has 1 aromatic carbocycles. The second kappa shape index (κ2) is 10.8. The van der Waals surface area contributed by atoms with Gasteiger partial charge in [0.25, 0.3) is 0 Å². The highest BCUT2D eigenvalue weighted by atomic mass is 19.1. The van der Waals surface area contributed by atoms with Gasteiger partial charge in [-0.05, 0) is 67.9 Å². The normalized spacial score (nSPS) is 27.2. The topological polar surface area (TPSA) is 50.1 Å². The van der Waals surface area contributed by atoms with Crippen LogP contribution in [0.5, 0.6) is 5.75 Å². The van der Waals surface area contributed by atoms with Crippen LogP contribution >= 0.6 is 0 Å². The minimum absolute atomic E-state index is 0.0413. The number of nitrogens with zero attached hydrogens (tertiary/aromatic N) is 1. The highest BCUT2D eigenvalue weighted by Gasteiger charge is 2.30. The number of halogens is 1. The third-order valence-electron chi connectivity index (χ3n) is 7.20. The number of rotatable bonds is 7. The highest BCUT2D eigenvalue weighted by molar-refractivity contribution is 5.72. The van der Waals surface area contributed by atoms with E-state index < -0.39 is 5.82 Å². The van der Waals surface area contributed by atoms with Gasteiger partial charge in [-0.1, -0.05) is 45.4 Å². The molecule has 0 heterocycles. The molecule has 3 rings (SSSR count). The minimum atomic E-state index is -0.653. The maximum atomic E-state index is 13.6. The van der Waals surface area contributed by atoms with E-state index in [0.717, 1.165) is 30.2 Å². The quantitative estimate of drug-likeness (QED) is 0.374. The fourth-order valence-corrected chi connectivity index (χ4v) is 5.46. The molecule has 0 unspecified atom stereocenters. The van der Waals surface area contributed by atoms with E-state index in [4.69, 9.17) is 10.00 Å². The Hall–Kier alpha value is -1.89. The first-order chi connectivity index (χ1) is 14.1. The van der Waals surface area contributed by atoms with E-state index in [9.17, 15) is 9.18 Å². The van der Waals surface area contributed by atoms with Crippen molar-refractivity contribution in [3.63, 3.8) is 0 Å². The van der Waals surface area contributed by atoms with Crippen LogP contribution in [0.15, 0.2) is 18.2 Å². The summed E-state index contributed by atoms with van der Waals surface area (Å²) in [5.41, 5.74) is -0.0413. The summed E-state index contributed by atoms with van der Waals surface area (Å²) in [6.07, 6.45) is 14.7. The number of ether oxygens (including phenoxy) is 1. The van der Waals surface area contributed by atoms with E-state index in [1.165, 1.54) is 76.3 Å². The first-order valence-corrected chi connectivity index (χ1v) is 11.5. The Morgan fingerprint density at radius 2 is 1.62 bits per heavy atom. The molecule has 0 N–H and O–H groups in total. The van der Waals surface area contributed by atoms with Crippen molar-refractivity contribution in [1.82, 2.24) is 0 Å². The SMILES string of the molecule is CCC[C@H]1CC[C@H](C2CCC(CCC(=O)Oc3ccc(C#N)c(F)c3)CC2)CC1. The molecule has 0 radical (unpaired) electrons. The maximum absolute atomic E-state index is 13.6. The smallest absolute Gasteiger partial charge is 0.311 e. The number of carbonyl (C=O) groups excluding carboxylic acids is 1. The lowest BCUT2D eigenvalue weighted by atomic mass is 9.68. The molecule has 0 aliphatic heterocycles. The van der Waals surface area contributed by atoms with Crippen LogP contribution in [-0.2, 0) is 4.79 Å². The molecule has 2 saturated carbocycles. The molecule has 0 bridgehead atoms. The minimum Gasteiger partial charge on any atom is -0.426 e. The summed E-state index contributed by atoms with van der Waals surface area (Å²) >= 11 is 0. The predicted molar refractivity (Wildman–Crippen MR) is 112 cm³/mol. The average molecular weight is 400 g/mol. The zero-order chi connectivity index (χ0) is 20.6. The van der Waals surface area contributed by atoms with Crippen LogP contribution in [0.25, 0.3) is 0 Å². The monoisotopic (exact) mass is 399 g/mol. The third kappa shape index (κ3) is 6.29. The maximum Gasteiger partial charge on any atom is 0.311 e. The Balaban J connectivity index is 1.35. The molecule has 4 heteroatoms. The Bertz CT molecular complexity index is 710. The van der Waals surface area contributed by atoms with E-state index in [0.29, 0.717) is 12.3 Å². The first kappa shape index (κ1) is 21.8. The number of esters is 1. The van der Waals surface area contributed by atoms with Crippen molar-refractivity contribution >= 4 is 5.97 Å². The summed E-state index contributed by atoms with van der Waals surface area (Å²) in [4.78, 5) is 12.1. The van der Waals surface area contributed by atoms with Crippen LogP contribution < -0.4 is 4.74 Å². The summed E-state index contributed by atoms with van der Waals surface area (Å²) in [5.74, 6) is 2.61. The van der Waals surface area contributed by atoms with Crippen LogP contribution in [0.4, 0.5) is 4.39 Å². The fourth-order valence-electron chi connectivity index (χ4n) is 5.46. The van der Waals surface area contributed by atoms with Gasteiger partial charge in [-0.3, -0.25) is 4.79 Å². The molecular formula is C25H34FNO2. The summed E-state index contributed by atoms with van der Waals surface area (Å²) in [6, 6.07) is 5.69. The van der Waals surface area contributed by atoms with Gasteiger partial charge in [-0.2, -0.15) is 5.26 Å². The summed E-state index contributed by atoms with van der Waals surface area (Å²) < 4.78 is 18.9. The second-order valence-corrected chi connectivity index (χ2v) is 9.12. The molecular weight excluding hydrogens is 365 g/mol. The van der Waals surface area contributed by atoms with E-state index in [1.807, 2.05) is 0 Å². The Morgan fingerprint density at radius 3 is 2.14 bits per heavy atom. The van der Waals surface area contributed by atoms with E-state index in [-0.39, 0.29) is 17.3 Å². The molecule has 2 fully saturated rings. The van der Waals surface area contributed by atoms with Crippen molar-refractivity contribution < 1.29 is 13.9 Å². The van der Waals surface area contributed by atoms with Gasteiger partial charge in [0.1, 0.15) is 17.6 Å². The summed E-state index contributed by atoms with van der Waals surface area (Å²) in [6.45, 7) is 2.30. The van der Waals surface area contributed by atoms with E-state index in [1.54, 1.807) is 6.07 Å². The van der Waals surface area contributed by atoms with Gasteiger partial charge >= 0.3 is 5.97 Å². The van der Waals surface area contributed by atoms with Gasteiger partial charge in [0.15, 0.2) is 0 Å². The van der Waals surface area contributed by atoms with Crippen LogP contribution in [0.3, 0.4) is 0 Å². The zero-order valence-electron chi connectivity index (χ0n) is 17.7. The molecule has 0 spiro atoms. The predicted octanol–water partition coefficient (Wildman–Crippen LogP) is 6.80. The number of hydrogen-bond donors (Lipinski definition) is 0. The summed E-state index contributed by atoms with van der Waals surface area (Å²) in [5, 5.41) is 8.76. The van der Waals surface area contributed by atoms with E-state index >= 15 is 0 Å². The molecule has 0 aromatic heterocycles. The van der Waals surface area contributed by atoms with Gasteiger partial charge in [0.2, 0.25) is 0 Å². The lowest BCUT2D eigenvalue weighted by molar-refractivity contribution is -0.134. The van der Waals surface area contributed by atoms with Crippen LogP contribution in [-0.4, -0.2) is 5.97 Å². The molecule has 2 aliphatic rings. The van der Waals surface area contributed by atoms with Crippen LogP contribution in [0, 0.1) is 40.8 Å². The van der Waals surface area contributed by atoms with Gasteiger partial charge in [0, 0.05) is 12.5 Å². The van der Waals surface area contributed by atoms with Crippen molar-refractivity contribution in [3.05, 3.63) is 29.6 Å². The van der Waals surface area contributed by atoms with Crippen molar-refractivity contribution in [2.75, 3.05) is 0 Å². The molecule has 29 heavy (non-hydrogen) atoms. The molecule has 1 aromatic rings. The Morgan fingerprint density at radius 1 is 1.03 bits per heavy atom. The molecule has 158 valence electrons. The standard InChI is InChI=1S/C25H34FNO2/c1-2-3-18-4-9-20(10-5-18)21-11-6-19(7-12-21)8-15-25(28)29-23-14-13-22(17-27)24(26)16-23/h13-14,16,18-21H,2-12,15H2,1H3/t18-,19?,20-,21?. The molecule has 0 atom stereocenters. The largest absolute Gasteiger partial charge is 0.426 e. The van der Waals surface area contributed by atoms with Gasteiger partial charge in [-0.25, -0.2) is 4.39 Å². The zero-order valence-corrected chi connectivity index (χ0v) is 17.7. The number of benzene rings is 1. The van der Waals surface area contributed by atoms with Crippen molar-refractivity contribution in [3.8, 4) is 11.8 Å². The van der Waals surface area contributed by atoms with Crippen LogP contribution in [0.2, 0.25) is 0 Å². The molecule has 3 nitrogen and oxygen atoms in total. The third-order valence-corrected chi connectivity index (χ3v) is 7.20. The Labute approximate surface area is 174 Å². The fraction of sp³-hybridized carbons (Fsp3) is 0.680. The lowest BCUT2D eigenvalue weighted by Gasteiger charge is -2.38. The molecule has 0 saturated heterocycles. The number of hydrogen-bond acceptors (Lipinski definition) is 3. The summed E-state index contributed by atoms with van der Waals surface area (Å²) in [7, 11) is 0. The van der Waals surface area contributed by atoms with Gasteiger partial charge in [-0.15, -0.1) is 0 Å². The van der Waals surface area contributed by atoms with Crippen molar-refractivity contribution in [2.45, 2.75) is 84.0 Å². The van der Waals surface area contributed by atoms with Crippen molar-refractivity contribution in [1.29, 1.82) is 5.26 Å². The van der Waals surface area contributed by atoms with Crippen molar-refractivity contribution in [2.24, 2.45) is 23.7 Å². The number of carbonyl (C=O) groups is 1. The number of nitriles is 1. The van der Waals surface area contributed by atoms with Crippen LogP contribution in [0.1, 0.15) is 89.5 Å². The highest BCUT2D eigenvalue weighted by Crippen LogP contribution is 2.42. The average Bonchev–Trinajstić information content (AvgIpc) is 2.74.